The fourth-order valence-corrected chi connectivity index (χ4v) is 4.90. The molecule has 1 amide bonds. The number of fused-ring (bicyclic) bond motifs is 1. The Morgan fingerprint density at radius 1 is 1.35 bits per heavy atom. The molecule has 1 aliphatic carbocycles. The SMILES string of the molecule is COC(=O)c1c(NC(=O)CN2CCC[C@H](C)C2)sc2c1CCC2. The zero-order chi connectivity index (χ0) is 16.4. The number of thiophene rings is 1. The van der Waals surface area contributed by atoms with E-state index in [0.717, 1.165) is 44.3 Å². The van der Waals surface area contributed by atoms with Crippen molar-refractivity contribution in [2.75, 3.05) is 32.1 Å². The van der Waals surface area contributed by atoms with Gasteiger partial charge in [0, 0.05) is 11.4 Å². The second-order valence-electron chi connectivity index (χ2n) is 6.58. The van der Waals surface area contributed by atoms with E-state index in [4.69, 9.17) is 4.74 Å². The molecule has 1 atom stereocenters. The molecule has 3 rings (SSSR count). The highest BCUT2D eigenvalue weighted by Gasteiger charge is 2.28. The van der Waals surface area contributed by atoms with Crippen LogP contribution in [0.1, 0.15) is 47.0 Å². The van der Waals surface area contributed by atoms with Gasteiger partial charge < -0.3 is 10.1 Å². The van der Waals surface area contributed by atoms with Crippen LogP contribution >= 0.6 is 11.3 Å². The Bertz CT molecular complexity index is 611. The van der Waals surface area contributed by atoms with Crippen LogP contribution in [0.3, 0.4) is 0 Å². The number of anilines is 1. The summed E-state index contributed by atoms with van der Waals surface area (Å²) in [5.41, 5.74) is 1.65. The largest absolute Gasteiger partial charge is 0.465 e. The Balaban J connectivity index is 1.70. The lowest BCUT2D eigenvalue weighted by atomic mass is 10.0. The third kappa shape index (κ3) is 3.58. The van der Waals surface area contributed by atoms with Gasteiger partial charge in [0.05, 0.1) is 19.2 Å². The van der Waals surface area contributed by atoms with Crippen LogP contribution in [0, 0.1) is 5.92 Å². The molecule has 1 fully saturated rings. The third-order valence-electron chi connectivity index (χ3n) is 4.67. The van der Waals surface area contributed by atoms with Crippen LogP contribution in [0.5, 0.6) is 0 Å². The number of ether oxygens (including phenoxy) is 1. The minimum absolute atomic E-state index is 0.0378. The molecular formula is C17H24N2O3S. The molecule has 0 unspecified atom stereocenters. The summed E-state index contributed by atoms with van der Waals surface area (Å²) in [6.07, 6.45) is 5.35. The number of hydrogen-bond acceptors (Lipinski definition) is 5. The summed E-state index contributed by atoms with van der Waals surface area (Å²) in [4.78, 5) is 27.9. The fraction of sp³-hybridized carbons (Fsp3) is 0.647. The van der Waals surface area contributed by atoms with Gasteiger partial charge >= 0.3 is 5.97 Å². The maximum absolute atomic E-state index is 12.4. The maximum Gasteiger partial charge on any atom is 0.341 e. The van der Waals surface area contributed by atoms with Crippen molar-refractivity contribution in [1.82, 2.24) is 4.90 Å². The van der Waals surface area contributed by atoms with E-state index in [1.165, 1.54) is 29.7 Å². The summed E-state index contributed by atoms with van der Waals surface area (Å²) in [5.74, 6) is 0.267. The van der Waals surface area contributed by atoms with Crippen molar-refractivity contribution in [3.63, 3.8) is 0 Å². The lowest BCUT2D eigenvalue weighted by molar-refractivity contribution is -0.117. The summed E-state index contributed by atoms with van der Waals surface area (Å²) < 4.78 is 4.91. The number of carbonyl (C=O) groups is 2. The molecule has 1 aromatic heterocycles. The van der Waals surface area contributed by atoms with Crippen LogP contribution in [0.25, 0.3) is 0 Å². The number of aryl methyl sites for hydroxylation is 1. The number of nitrogens with one attached hydrogen (secondary N) is 1. The first-order chi connectivity index (χ1) is 11.1. The standard InChI is InChI=1S/C17H24N2O3S/c1-11-5-4-8-19(9-11)10-14(20)18-16-15(17(21)22-2)12-6-3-7-13(12)23-16/h11H,3-10H2,1-2H3,(H,18,20)/t11-/m0/s1. The number of piperidine rings is 1. The first kappa shape index (κ1) is 16.5. The number of carbonyl (C=O) groups excluding carboxylic acids is 2. The van der Waals surface area contributed by atoms with Gasteiger partial charge in [0.15, 0.2) is 0 Å². The molecule has 23 heavy (non-hydrogen) atoms. The van der Waals surface area contributed by atoms with Crippen molar-refractivity contribution in [1.29, 1.82) is 0 Å². The molecule has 0 spiro atoms. The quantitative estimate of drug-likeness (QED) is 0.859. The monoisotopic (exact) mass is 336 g/mol. The van der Waals surface area contributed by atoms with Crippen LogP contribution < -0.4 is 5.32 Å². The predicted molar refractivity (Wildman–Crippen MR) is 91.2 cm³/mol. The van der Waals surface area contributed by atoms with Gasteiger partial charge in [-0.25, -0.2) is 4.79 Å². The van der Waals surface area contributed by atoms with E-state index in [1.807, 2.05) is 0 Å². The number of likely N-dealkylation sites (tertiary alicyclic amines) is 1. The molecule has 0 aromatic carbocycles. The van der Waals surface area contributed by atoms with Gasteiger partial charge in [-0.1, -0.05) is 6.92 Å². The van der Waals surface area contributed by atoms with E-state index >= 15 is 0 Å². The molecule has 1 saturated heterocycles. The number of amides is 1. The van der Waals surface area contributed by atoms with E-state index < -0.39 is 0 Å². The third-order valence-corrected chi connectivity index (χ3v) is 5.88. The molecule has 0 saturated carbocycles. The van der Waals surface area contributed by atoms with Crippen LogP contribution in [0.2, 0.25) is 0 Å². The van der Waals surface area contributed by atoms with Crippen LogP contribution in [-0.2, 0) is 22.4 Å². The van der Waals surface area contributed by atoms with Gasteiger partial charge in [-0.3, -0.25) is 9.69 Å². The van der Waals surface area contributed by atoms with E-state index in [1.54, 1.807) is 0 Å². The molecule has 126 valence electrons. The Morgan fingerprint density at radius 3 is 2.91 bits per heavy atom. The van der Waals surface area contributed by atoms with Gasteiger partial charge in [0.25, 0.3) is 0 Å². The van der Waals surface area contributed by atoms with Gasteiger partial charge in [-0.2, -0.15) is 0 Å². The van der Waals surface area contributed by atoms with Crippen molar-refractivity contribution >= 4 is 28.2 Å². The topological polar surface area (TPSA) is 58.6 Å². The molecule has 0 radical (unpaired) electrons. The van der Waals surface area contributed by atoms with Crippen molar-refractivity contribution in [2.24, 2.45) is 5.92 Å². The first-order valence-electron chi connectivity index (χ1n) is 8.33. The van der Waals surface area contributed by atoms with Crippen molar-refractivity contribution in [2.45, 2.75) is 39.0 Å². The smallest absolute Gasteiger partial charge is 0.341 e. The maximum atomic E-state index is 12.4. The lowest BCUT2D eigenvalue weighted by Crippen LogP contribution is -2.39. The molecule has 1 aromatic rings. The normalized spacial score (nSPS) is 21.0. The second kappa shape index (κ2) is 7.01. The van der Waals surface area contributed by atoms with Gasteiger partial charge in [0.2, 0.25) is 5.91 Å². The number of rotatable bonds is 4. The predicted octanol–water partition coefficient (Wildman–Crippen LogP) is 2.69. The average molecular weight is 336 g/mol. The van der Waals surface area contributed by atoms with Gasteiger partial charge in [-0.05, 0) is 50.1 Å². The van der Waals surface area contributed by atoms with E-state index in [9.17, 15) is 9.59 Å². The first-order valence-corrected chi connectivity index (χ1v) is 9.15. The molecular weight excluding hydrogens is 312 g/mol. The molecule has 2 heterocycles. The Morgan fingerprint density at radius 2 is 2.17 bits per heavy atom. The minimum Gasteiger partial charge on any atom is -0.465 e. The Labute approximate surface area is 141 Å². The van der Waals surface area contributed by atoms with Crippen LogP contribution in [0.4, 0.5) is 5.00 Å². The average Bonchev–Trinajstić information content (AvgIpc) is 3.06. The van der Waals surface area contributed by atoms with Crippen molar-refractivity contribution in [3.8, 4) is 0 Å². The summed E-state index contributed by atoms with van der Waals surface area (Å²) >= 11 is 1.53. The lowest BCUT2D eigenvalue weighted by Gasteiger charge is -2.30. The Kier molecular flexibility index (Phi) is 5.02. The summed E-state index contributed by atoms with van der Waals surface area (Å²) in [5, 5.41) is 3.62. The summed E-state index contributed by atoms with van der Waals surface area (Å²) in [6.45, 7) is 4.57. The van der Waals surface area contributed by atoms with Crippen LogP contribution in [-0.4, -0.2) is 43.5 Å². The zero-order valence-corrected chi connectivity index (χ0v) is 14.6. The van der Waals surface area contributed by atoms with Crippen molar-refractivity contribution < 1.29 is 14.3 Å². The molecule has 0 bridgehead atoms. The van der Waals surface area contributed by atoms with Crippen LogP contribution in [0.15, 0.2) is 0 Å². The number of esters is 1. The highest BCUT2D eigenvalue weighted by molar-refractivity contribution is 7.17. The molecule has 5 nitrogen and oxygen atoms in total. The highest BCUT2D eigenvalue weighted by Crippen LogP contribution is 2.39. The number of nitrogens with zero attached hydrogens (tertiary/aromatic N) is 1. The summed E-state index contributed by atoms with van der Waals surface area (Å²) in [7, 11) is 1.39. The number of hydrogen-bond donors (Lipinski definition) is 1. The van der Waals surface area contributed by atoms with E-state index in [2.05, 4.69) is 17.1 Å². The molecule has 6 heteroatoms. The fourth-order valence-electron chi connectivity index (χ4n) is 3.61. The second-order valence-corrected chi connectivity index (χ2v) is 7.69. The molecule has 1 N–H and O–H groups in total. The number of methoxy groups -OCH3 is 1. The highest BCUT2D eigenvalue weighted by atomic mass is 32.1. The minimum atomic E-state index is -0.341. The van der Waals surface area contributed by atoms with Crippen molar-refractivity contribution in [3.05, 3.63) is 16.0 Å². The molecule has 1 aliphatic heterocycles. The summed E-state index contributed by atoms with van der Waals surface area (Å²) in [6, 6.07) is 0. The molecule has 2 aliphatic rings. The van der Waals surface area contributed by atoms with Gasteiger partial charge in [-0.15, -0.1) is 11.3 Å². The Hall–Kier alpha value is -1.40. The van der Waals surface area contributed by atoms with E-state index in [-0.39, 0.29) is 11.9 Å². The zero-order valence-electron chi connectivity index (χ0n) is 13.8. The van der Waals surface area contributed by atoms with E-state index in [0.29, 0.717) is 23.0 Å². The van der Waals surface area contributed by atoms with Gasteiger partial charge in [0.1, 0.15) is 5.00 Å².